The average Bonchev–Trinajstić information content (AvgIpc) is 2.84. The van der Waals surface area contributed by atoms with Crippen LogP contribution in [0.3, 0.4) is 0 Å². The molecule has 0 amide bonds. The van der Waals surface area contributed by atoms with E-state index in [-0.39, 0.29) is 0 Å². The summed E-state index contributed by atoms with van der Waals surface area (Å²) in [6.45, 7) is 3.80. The molecule has 5 nitrogen and oxygen atoms in total. The van der Waals surface area contributed by atoms with Crippen LogP contribution in [0.25, 0.3) is 0 Å². The van der Waals surface area contributed by atoms with Gasteiger partial charge in [0.25, 0.3) is 0 Å². The molecule has 5 heteroatoms. The third-order valence-corrected chi connectivity index (χ3v) is 3.95. The van der Waals surface area contributed by atoms with Crippen LogP contribution in [0.5, 0.6) is 0 Å². The highest BCUT2D eigenvalue weighted by Gasteiger charge is 2.43. The van der Waals surface area contributed by atoms with Crippen LogP contribution in [0.15, 0.2) is 18.3 Å². The number of rotatable bonds is 4. The Bertz CT molecular complexity index is 524. The molecule has 0 aliphatic carbocycles. The smallest absolute Gasteiger partial charge is 0.310 e. The quantitative estimate of drug-likeness (QED) is 0.889. The van der Waals surface area contributed by atoms with E-state index >= 15 is 0 Å². The number of hydrogen-bond donors (Lipinski definition) is 1. The topological polar surface area (TPSA) is 77.2 Å². The fourth-order valence-electron chi connectivity index (χ4n) is 2.62. The molecule has 0 spiro atoms. The van der Waals surface area contributed by atoms with E-state index in [0.29, 0.717) is 31.6 Å². The molecular weight excluding hydrogens is 242 g/mol. The number of carboxylic acid groups (broad SMARTS) is 1. The Morgan fingerprint density at radius 3 is 3.05 bits per heavy atom. The molecule has 1 aromatic rings. The van der Waals surface area contributed by atoms with Crippen molar-refractivity contribution in [2.24, 2.45) is 5.41 Å². The molecule has 1 saturated heterocycles. The lowest BCUT2D eigenvalue weighted by Gasteiger charge is -2.23. The molecule has 2 heterocycles. The van der Waals surface area contributed by atoms with Gasteiger partial charge in [-0.1, -0.05) is 13.0 Å². The van der Waals surface area contributed by atoms with Crippen LogP contribution in [0, 0.1) is 16.7 Å². The predicted octanol–water partition coefficient (Wildman–Crippen LogP) is 1.64. The minimum absolute atomic E-state index is 0.423. The first kappa shape index (κ1) is 13.5. The van der Waals surface area contributed by atoms with Gasteiger partial charge in [0.2, 0.25) is 0 Å². The van der Waals surface area contributed by atoms with E-state index in [0.717, 1.165) is 12.1 Å². The van der Waals surface area contributed by atoms with Crippen molar-refractivity contribution in [3.05, 3.63) is 29.6 Å². The van der Waals surface area contributed by atoms with Crippen LogP contribution in [0.4, 0.5) is 0 Å². The zero-order valence-electron chi connectivity index (χ0n) is 11.0. The van der Waals surface area contributed by atoms with Gasteiger partial charge in [-0.3, -0.25) is 9.69 Å². The summed E-state index contributed by atoms with van der Waals surface area (Å²) in [6.07, 6.45) is 2.90. The molecular formula is C14H17N3O2. The summed E-state index contributed by atoms with van der Waals surface area (Å²) < 4.78 is 0. The summed E-state index contributed by atoms with van der Waals surface area (Å²) in [5.41, 5.74) is 0.656. The summed E-state index contributed by atoms with van der Waals surface area (Å²) in [4.78, 5) is 17.5. The number of carboxylic acids is 1. The molecule has 2 rings (SSSR count). The first-order valence-electron chi connectivity index (χ1n) is 6.41. The summed E-state index contributed by atoms with van der Waals surface area (Å²) in [6, 6.07) is 5.75. The number of likely N-dealkylation sites (tertiary alicyclic amines) is 1. The van der Waals surface area contributed by atoms with Crippen molar-refractivity contribution >= 4 is 5.97 Å². The van der Waals surface area contributed by atoms with E-state index in [1.165, 1.54) is 0 Å². The van der Waals surface area contributed by atoms with Gasteiger partial charge in [0.05, 0.1) is 5.41 Å². The highest BCUT2D eigenvalue weighted by atomic mass is 16.4. The predicted molar refractivity (Wildman–Crippen MR) is 69.2 cm³/mol. The van der Waals surface area contributed by atoms with E-state index in [1.54, 1.807) is 12.3 Å². The van der Waals surface area contributed by atoms with Crippen LogP contribution < -0.4 is 0 Å². The van der Waals surface area contributed by atoms with E-state index in [4.69, 9.17) is 5.26 Å². The third-order valence-electron chi connectivity index (χ3n) is 3.95. The van der Waals surface area contributed by atoms with Gasteiger partial charge in [0, 0.05) is 24.8 Å². The van der Waals surface area contributed by atoms with Crippen LogP contribution in [-0.2, 0) is 11.3 Å². The van der Waals surface area contributed by atoms with Gasteiger partial charge in [0.1, 0.15) is 11.8 Å². The van der Waals surface area contributed by atoms with Gasteiger partial charge in [-0.2, -0.15) is 5.26 Å². The second-order valence-electron chi connectivity index (χ2n) is 5.02. The second kappa shape index (κ2) is 5.37. The third kappa shape index (κ3) is 2.59. The van der Waals surface area contributed by atoms with Crippen molar-refractivity contribution in [1.29, 1.82) is 5.26 Å². The number of hydrogen-bond acceptors (Lipinski definition) is 4. The molecule has 1 aromatic heterocycles. The van der Waals surface area contributed by atoms with Crippen molar-refractivity contribution in [1.82, 2.24) is 9.88 Å². The SMILES string of the molecule is CCC1(C(=O)O)CCN(Cc2cccnc2C#N)C1. The van der Waals surface area contributed by atoms with Crippen molar-refractivity contribution in [3.63, 3.8) is 0 Å². The zero-order chi connectivity index (χ0) is 13.9. The molecule has 1 unspecified atom stereocenters. The molecule has 19 heavy (non-hydrogen) atoms. The summed E-state index contributed by atoms with van der Waals surface area (Å²) in [5.74, 6) is -0.718. The van der Waals surface area contributed by atoms with Gasteiger partial charge in [0.15, 0.2) is 0 Å². The molecule has 1 atom stereocenters. The van der Waals surface area contributed by atoms with Crippen LogP contribution in [0.1, 0.15) is 31.0 Å². The molecule has 0 aromatic carbocycles. The Morgan fingerprint density at radius 1 is 1.68 bits per heavy atom. The highest BCUT2D eigenvalue weighted by molar-refractivity contribution is 5.75. The van der Waals surface area contributed by atoms with Crippen molar-refractivity contribution in [2.45, 2.75) is 26.3 Å². The van der Waals surface area contributed by atoms with Gasteiger partial charge in [-0.25, -0.2) is 4.98 Å². The summed E-state index contributed by atoms with van der Waals surface area (Å²) in [5, 5.41) is 18.4. The molecule has 1 aliphatic heterocycles. The first-order valence-corrected chi connectivity index (χ1v) is 6.41. The van der Waals surface area contributed by atoms with E-state index in [9.17, 15) is 9.90 Å². The standard InChI is InChI=1S/C14H17N3O2/c1-2-14(13(18)19)5-7-17(10-14)9-11-4-3-6-16-12(11)8-15/h3-4,6H,2,5,7,9-10H2,1H3,(H,18,19). The Morgan fingerprint density at radius 2 is 2.47 bits per heavy atom. The van der Waals surface area contributed by atoms with Gasteiger partial charge < -0.3 is 5.11 Å². The maximum atomic E-state index is 11.4. The van der Waals surface area contributed by atoms with Crippen LogP contribution in [-0.4, -0.2) is 34.0 Å². The van der Waals surface area contributed by atoms with Crippen molar-refractivity contribution < 1.29 is 9.90 Å². The molecule has 1 aliphatic rings. The normalized spacial score (nSPS) is 23.2. The maximum absolute atomic E-state index is 11.4. The first-order chi connectivity index (χ1) is 9.11. The van der Waals surface area contributed by atoms with E-state index < -0.39 is 11.4 Å². The molecule has 0 bridgehead atoms. The Hall–Kier alpha value is -1.93. The minimum atomic E-state index is -0.718. The number of aromatic nitrogens is 1. The van der Waals surface area contributed by atoms with Gasteiger partial charge in [-0.15, -0.1) is 0 Å². The monoisotopic (exact) mass is 259 g/mol. The van der Waals surface area contributed by atoms with Crippen LogP contribution in [0.2, 0.25) is 0 Å². The fraction of sp³-hybridized carbons (Fsp3) is 0.500. The number of aliphatic carboxylic acids is 1. The zero-order valence-corrected chi connectivity index (χ0v) is 11.0. The number of pyridine rings is 1. The molecule has 100 valence electrons. The number of nitriles is 1. The van der Waals surface area contributed by atoms with E-state index in [2.05, 4.69) is 16.0 Å². The lowest BCUT2D eigenvalue weighted by atomic mass is 9.84. The molecule has 1 fully saturated rings. The molecule has 0 radical (unpaired) electrons. The Labute approximate surface area is 112 Å². The number of carbonyl (C=O) groups is 1. The fourth-order valence-corrected chi connectivity index (χ4v) is 2.62. The van der Waals surface area contributed by atoms with E-state index in [1.807, 2.05) is 13.0 Å². The van der Waals surface area contributed by atoms with Crippen molar-refractivity contribution in [3.8, 4) is 6.07 Å². The van der Waals surface area contributed by atoms with Crippen LogP contribution >= 0.6 is 0 Å². The summed E-state index contributed by atoms with van der Waals surface area (Å²) in [7, 11) is 0. The average molecular weight is 259 g/mol. The summed E-state index contributed by atoms with van der Waals surface area (Å²) >= 11 is 0. The van der Waals surface area contributed by atoms with Gasteiger partial charge >= 0.3 is 5.97 Å². The Kier molecular flexibility index (Phi) is 3.82. The van der Waals surface area contributed by atoms with Crippen molar-refractivity contribution in [2.75, 3.05) is 13.1 Å². The Balaban J connectivity index is 2.11. The second-order valence-corrected chi connectivity index (χ2v) is 5.02. The lowest BCUT2D eigenvalue weighted by molar-refractivity contribution is -0.148. The maximum Gasteiger partial charge on any atom is 0.310 e. The number of nitrogens with zero attached hydrogens (tertiary/aromatic N) is 3. The minimum Gasteiger partial charge on any atom is -0.481 e. The largest absolute Gasteiger partial charge is 0.481 e. The molecule has 0 saturated carbocycles. The lowest BCUT2D eigenvalue weighted by Crippen LogP contribution is -2.34. The highest BCUT2D eigenvalue weighted by Crippen LogP contribution is 2.34. The molecule has 1 N–H and O–H groups in total. The van der Waals surface area contributed by atoms with Gasteiger partial charge in [-0.05, 0) is 25.5 Å².